The summed E-state index contributed by atoms with van der Waals surface area (Å²) in [5.74, 6) is 0. The molecule has 7 heteroatoms. The van der Waals surface area contributed by atoms with Gasteiger partial charge >= 0.3 is 0 Å². The molecule has 20 heavy (non-hydrogen) atoms. The number of sulfonamides is 1. The summed E-state index contributed by atoms with van der Waals surface area (Å²) < 4.78 is 26.5. The van der Waals surface area contributed by atoms with Crippen molar-refractivity contribution in [2.24, 2.45) is 5.73 Å². The Kier molecular flexibility index (Phi) is 6.42. The standard InChI is InChI=1S/C13H21ClN2O3S/c1-10(2)16(6-3-7-17)20(18,19)12-5-4-11(9-15)13(14)8-12/h4-5,8,10,17H,3,6-7,9,15H2,1-2H3. The van der Waals surface area contributed by atoms with E-state index in [0.717, 1.165) is 0 Å². The predicted octanol–water partition coefficient (Wildman–Crippen LogP) is 1.58. The summed E-state index contributed by atoms with van der Waals surface area (Å²) in [6.07, 6.45) is 0.395. The first kappa shape index (κ1) is 17.4. The van der Waals surface area contributed by atoms with Crippen LogP contribution < -0.4 is 5.73 Å². The van der Waals surface area contributed by atoms with E-state index in [1.807, 2.05) is 0 Å². The molecule has 0 aliphatic rings. The number of benzene rings is 1. The van der Waals surface area contributed by atoms with Gasteiger partial charge < -0.3 is 10.8 Å². The van der Waals surface area contributed by atoms with Gasteiger partial charge in [0.25, 0.3) is 0 Å². The van der Waals surface area contributed by atoms with Crippen LogP contribution in [0.15, 0.2) is 23.1 Å². The zero-order valence-electron chi connectivity index (χ0n) is 11.7. The number of aliphatic hydroxyl groups excluding tert-OH is 1. The molecule has 0 heterocycles. The molecule has 0 radical (unpaired) electrons. The minimum absolute atomic E-state index is 0.0500. The van der Waals surface area contributed by atoms with E-state index in [1.165, 1.54) is 16.4 Å². The van der Waals surface area contributed by atoms with Crippen molar-refractivity contribution in [2.45, 2.75) is 37.8 Å². The lowest BCUT2D eigenvalue weighted by Crippen LogP contribution is -2.38. The Morgan fingerprint density at radius 2 is 2.05 bits per heavy atom. The summed E-state index contributed by atoms with van der Waals surface area (Å²) >= 11 is 6.02. The molecule has 0 aliphatic heterocycles. The summed E-state index contributed by atoms with van der Waals surface area (Å²) in [5.41, 5.74) is 6.22. The summed E-state index contributed by atoms with van der Waals surface area (Å²) in [6.45, 7) is 4.07. The van der Waals surface area contributed by atoms with Gasteiger partial charge in [0.2, 0.25) is 10.0 Å². The zero-order valence-corrected chi connectivity index (χ0v) is 13.3. The van der Waals surface area contributed by atoms with Crippen molar-refractivity contribution in [1.29, 1.82) is 0 Å². The molecule has 0 bridgehead atoms. The average molecular weight is 321 g/mol. The molecule has 0 fully saturated rings. The third-order valence-corrected chi connectivity index (χ3v) is 5.39. The topological polar surface area (TPSA) is 83.6 Å². The molecule has 0 amide bonds. The van der Waals surface area contributed by atoms with Crippen molar-refractivity contribution in [3.63, 3.8) is 0 Å². The Labute approximate surface area is 125 Å². The maximum atomic E-state index is 12.6. The Morgan fingerprint density at radius 3 is 2.50 bits per heavy atom. The molecule has 114 valence electrons. The first-order chi connectivity index (χ1) is 9.34. The first-order valence-electron chi connectivity index (χ1n) is 6.45. The van der Waals surface area contributed by atoms with Crippen molar-refractivity contribution >= 4 is 21.6 Å². The third kappa shape index (κ3) is 3.93. The third-order valence-electron chi connectivity index (χ3n) is 2.96. The van der Waals surface area contributed by atoms with Crippen LogP contribution in [-0.2, 0) is 16.6 Å². The predicted molar refractivity (Wildman–Crippen MR) is 80.1 cm³/mol. The van der Waals surface area contributed by atoms with Crippen LogP contribution in [0.25, 0.3) is 0 Å². The van der Waals surface area contributed by atoms with Crippen LogP contribution in [0.2, 0.25) is 5.02 Å². The van der Waals surface area contributed by atoms with Gasteiger partial charge in [0.1, 0.15) is 0 Å². The zero-order chi connectivity index (χ0) is 15.3. The van der Waals surface area contributed by atoms with Gasteiger partial charge in [-0.1, -0.05) is 17.7 Å². The fraction of sp³-hybridized carbons (Fsp3) is 0.538. The highest BCUT2D eigenvalue weighted by atomic mass is 35.5. The minimum Gasteiger partial charge on any atom is -0.396 e. The van der Waals surface area contributed by atoms with Gasteiger partial charge in [0, 0.05) is 30.8 Å². The number of halogens is 1. The fourth-order valence-electron chi connectivity index (χ4n) is 1.87. The van der Waals surface area contributed by atoms with E-state index in [1.54, 1.807) is 19.9 Å². The first-order valence-corrected chi connectivity index (χ1v) is 8.27. The van der Waals surface area contributed by atoms with Gasteiger partial charge in [-0.05, 0) is 38.0 Å². The average Bonchev–Trinajstić information content (AvgIpc) is 2.38. The number of hydrogen-bond donors (Lipinski definition) is 2. The summed E-state index contributed by atoms with van der Waals surface area (Å²) in [5, 5.41) is 9.24. The number of aliphatic hydroxyl groups is 1. The van der Waals surface area contributed by atoms with Crippen LogP contribution in [0.3, 0.4) is 0 Å². The second kappa shape index (κ2) is 7.38. The van der Waals surface area contributed by atoms with Crippen LogP contribution in [0, 0.1) is 0 Å². The number of rotatable bonds is 7. The van der Waals surface area contributed by atoms with Crippen LogP contribution in [0.4, 0.5) is 0 Å². The monoisotopic (exact) mass is 320 g/mol. The molecular formula is C13H21ClN2O3S. The molecule has 1 rings (SSSR count). The Balaban J connectivity index is 3.16. The minimum atomic E-state index is -3.62. The fourth-order valence-corrected chi connectivity index (χ4v) is 3.90. The summed E-state index contributed by atoms with van der Waals surface area (Å²) in [6, 6.07) is 4.37. The van der Waals surface area contributed by atoms with E-state index in [9.17, 15) is 8.42 Å². The molecule has 0 saturated heterocycles. The van der Waals surface area contributed by atoms with Crippen molar-refractivity contribution in [3.8, 4) is 0 Å². The summed E-state index contributed by atoms with van der Waals surface area (Å²) in [7, 11) is -3.62. The van der Waals surface area contributed by atoms with Gasteiger partial charge in [0.15, 0.2) is 0 Å². The highest BCUT2D eigenvalue weighted by Gasteiger charge is 2.26. The molecule has 0 spiro atoms. The van der Waals surface area contributed by atoms with Crippen molar-refractivity contribution in [3.05, 3.63) is 28.8 Å². The number of hydrogen-bond acceptors (Lipinski definition) is 4. The van der Waals surface area contributed by atoms with Gasteiger partial charge in [-0.3, -0.25) is 0 Å². The van der Waals surface area contributed by atoms with E-state index in [4.69, 9.17) is 22.4 Å². The van der Waals surface area contributed by atoms with Crippen LogP contribution in [0.5, 0.6) is 0 Å². The van der Waals surface area contributed by atoms with Gasteiger partial charge in [0.05, 0.1) is 4.90 Å². The lowest BCUT2D eigenvalue weighted by atomic mass is 10.2. The van der Waals surface area contributed by atoms with E-state index in [2.05, 4.69) is 0 Å². The molecule has 1 aromatic carbocycles. The summed E-state index contributed by atoms with van der Waals surface area (Å²) in [4.78, 5) is 0.145. The molecule has 5 nitrogen and oxygen atoms in total. The molecule has 0 atom stereocenters. The van der Waals surface area contributed by atoms with Gasteiger partial charge in [-0.25, -0.2) is 8.42 Å². The van der Waals surface area contributed by atoms with Gasteiger partial charge in [-0.15, -0.1) is 0 Å². The molecule has 0 saturated carbocycles. The van der Waals surface area contributed by atoms with E-state index in [0.29, 0.717) is 17.0 Å². The molecular weight excluding hydrogens is 300 g/mol. The van der Waals surface area contributed by atoms with Crippen LogP contribution in [-0.4, -0.2) is 37.0 Å². The van der Waals surface area contributed by atoms with E-state index in [-0.39, 0.29) is 30.6 Å². The number of nitrogens with zero attached hydrogens (tertiary/aromatic N) is 1. The normalized spacial score (nSPS) is 12.3. The highest BCUT2D eigenvalue weighted by Crippen LogP contribution is 2.24. The molecule has 0 unspecified atom stereocenters. The van der Waals surface area contributed by atoms with Crippen molar-refractivity contribution in [1.82, 2.24) is 4.31 Å². The molecule has 0 aromatic heterocycles. The van der Waals surface area contributed by atoms with E-state index < -0.39 is 10.0 Å². The highest BCUT2D eigenvalue weighted by molar-refractivity contribution is 7.89. The van der Waals surface area contributed by atoms with Gasteiger partial charge in [-0.2, -0.15) is 4.31 Å². The second-order valence-corrected chi connectivity index (χ2v) is 7.04. The van der Waals surface area contributed by atoms with Crippen LogP contribution in [0.1, 0.15) is 25.8 Å². The maximum absolute atomic E-state index is 12.6. The van der Waals surface area contributed by atoms with Crippen molar-refractivity contribution in [2.75, 3.05) is 13.2 Å². The second-order valence-electron chi connectivity index (χ2n) is 4.74. The largest absolute Gasteiger partial charge is 0.396 e. The SMILES string of the molecule is CC(C)N(CCCO)S(=O)(=O)c1ccc(CN)c(Cl)c1. The smallest absolute Gasteiger partial charge is 0.243 e. The van der Waals surface area contributed by atoms with Crippen molar-refractivity contribution < 1.29 is 13.5 Å². The van der Waals surface area contributed by atoms with E-state index >= 15 is 0 Å². The Morgan fingerprint density at radius 1 is 1.40 bits per heavy atom. The Bertz CT molecular complexity index is 547. The quantitative estimate of drug-likeness (QED) is 0.799. The Hall–Kier alpha value is -0.660. The maximum Gasteiger partial charge on any atom is 0.243 e. The lowest BCUT2D eigenvalue weighted by molar-refractivity contribution is 0.258. The number of nitrogens with two attached hydrogens (primary N) is 1. The molecule has 3 N–H and O–H groups in total. The molecule has 1 aromatic rings. The van der Waals surface area contributed by atoms with Crippen LogP contribution >= 0.6 is 11.6 Å². The lowest BCUT2D eigenvalue weighted by Gasteiger charge is -2.25. The molecule has 0 aliphatic carbocycles.